The minimum absolute atomic E-state index is 0.0562. The van der Waals surface area contributed by atoms with Crippen LogP contribution in [0.3, 0.4) is 0 Å². The fraction of sp³-hybridized carbons (Fsp3) is 0.455. The van der Waals surface area contributed by atoms with Crippen LogP contribution in [-0.2, 0) is 11.3 Å². The summed E-state index contributed by atoms with van der Waals surface area (Å²) in [5.74, 6) is 0.381. The van der Waals surface area contributed by atoms with Gasteiger partial charge < -0.3 is 15.8 Å². The van der Waals surface area contributed by atoms with E-state index in [0.717, 1.165) is 0 Å². The van der Waals surface area contributed by atoms with Crippen LogP contribution in [0.2, 0.25) is 0 Å². The Morgan fingerprint density at radius 2 is 2.26 bits per heavy atom. The first-order valence-corrected chi connectivity index (χ1v) is 5.83. The van der Waals surface area contributed by atoms with Crippen molar-refractivity contribution < 1.29 is 9.53 Å². The molecule has 0 saturated heterocycles. The van der Waals surface area contributed by atoms with Crippen LogP contribution in [0.15, 0.2) is 6.33 Å². The Morgan fingerprint density at radius 3 is 2.89 bits per heavy atom. The third kappa shape index (κ3) is 2.56. The Balaban J connectivity index is 2.38. The number of hydrogen-bond acceptors (Lipinski definition) is 6. The fourth-order valence-corrected chi connectivity index (χ4v) is 1.75. The van der Waals surface area contributed by atoms with Gasteiger partial charge in [-0.3, -0.25) is 9.36 Å². The molecule has 0 bridgehead atoms. The summed E-state index contributed by atoms with van der Waals surface area (Å²) in [6.07, 6.45) is 1.35. The third-order valence-corrected chi connectivity index (χ3v) is 2.47. The summed E-state index contributed by atoms with van der Waals surface area (Å²) in [4.78, 5) is 23.9. The van der Waals surface area contributed by atoms with Gasteiger partial charge in [0.05, 0.1) is 7.11 Å². The highest BCUT2D eigenvalue weighted by atomic mass is 16.5. The van der Waals surface area contributed by atoms with Gasteiger partial charge in [-0.05, 0) is 13.8 Å². The normalized spacial score (nSPS) is 10.9. The number of nitrogens with zero attached hydrogens (tertiary/aromatic N) is 4. The number of nitrogens with one attached hydrogen (secondary N) is 1. The highest BCUT2D eigenvalue weighted by molar-refractivity contribution is 5.83. The first-order chi connectivity index (χ1) is 9.02. The quantitative estimate of drug-likeness (QED) is 0.801. The maximum absolute atomic E-state index is 11.8. The van der Waals surface area contributed by atoms with E-state index in [-0.39, 0.29) is 24.4 Å². The Morgan fingerprint density at radius 1 is 1.53 bits per heavy atom. The standard InChI is InChI=1S/C11H16N6O2/c1-6(2)15-7(18)4-17-9-8(16-11(17)12)10(19-3)14-5-13-9/h5-6H,4H2,1-3H3,(H2,12,16)(H,15,18). The van der Waals surface area contributed by atoms with Crippen molar-refractivity contribution in [1.29, 1.82) is 0 Å². The van der Waals surface area contributed by atoms with Crippen molar-refractivity contribution >= 4 is 23.0 Å². The highest BCUT2D eigenvalue weighted by Gasteiger charge is 2.16. The van der Waals surface area contributed by atoms with Crippen LogP contribution in [0.4, 0.5) is 5.95 Å². The van der Waals surface area contributed by atoms with Crippen molar-refractivity contribution in [3.63, 3.8) is 0 Å². The molecule has 102 valence electrons. The number of imidazole rings is 1. The van der Waals surface area contributed by atoms with E-state index in [1.165, 1.54) is 18.0 Å². The maximum atomic E-state index is 11.8. The van der Waals surface area contributed by atoms with E-state index >= 15 is 0 Å². The Kier molecular flexibility index (Phi) is 3.50. The van der Waals surface area contributed by atoms with E-state index < -0.39 is 0 Å². The zero-order valence-electron chi connectivity index (χ0n) is 11.0. The van der Waals surface area contributed by atoms with Crippen LogP contribution in [0.5, 0.6) is 5.88 Å². The van der Waals surface area contributed by atoms with E-state index in [0.29, 0.717) is 17.0 Å². The Hall–Kier alpha value is -2.38. The summed E-state index contributed by atoms with van der Waals surface area (Å²) in [5, 5.41) is 2.78. The van der Waals surface area contributed by atoms with Gasteiger partial charge >= 0.3 is 0 Å². The van der Waals surface area contributed by atoms with Gasteiger partial charge in [0, 0.05) is 6.04 Å². The molecule has 0 aliphatic heterocycles. The molecule has 0 aliphatic carbocycles. The van der Waals surface area contributed by atoms with Gasteiger partial charge in [0.1, 0.15) is 12.9 Å². The monoisotopic (exact) mass is 264 g/mol. The van der Waals surface area contributed by atoms with E-state index in [2.05, 4.69) is 20.3 Å². The smallest absolute Gasteiger partial charge is 0.245 e. The fourth-order valence-electron chi connectivity index (χ4n) is 1.75. The number of nitrogens with two attached hydrogens (primary N) is 1. The number of fused-ring (bicyclic) bond motifs is 1. The molecule has 0 aliphatic rings. The van der Waals surface area contributed by atoms with Crippen molar-refractivity contribution in [2.24, 2.45) is 0 Å². The van der Waals surface area contributed by atoms with Crippen molar-refractivity contribution in [3.05, 3.63) is 6.33 Å². The third-order valence-electron chi connectivity index (χ3n) is 2.47. The number of aromatic nitrogens is 4. The number of nitrogen functional groups attached to an aromatic ring is 1. The molecule has 2 aromatic heterocycles. The average Bonchev–Trinajstić information content (AvgIpc) is 2.65. The minimum Gasteiger partial charge on any atom is -0.479 e. The van der Waals surface area contributed by atoms with Gasteiger partial charge in [0.2, 0.25) is 17.7 Å². The highest BCUT2D eigenvalue weighted by Crippen LogP contribution is 2.22. The number of carbonyl (C=O) groups is 1. The number of methoxy groups -OCH3 is 1. The molecule has 0 atom stereocenters. The van der Waals surface area contributed by atoms with Gasteiger partial charge in [-0.15, -0.1) is 0 Å². The summed E-state index contributed by atoms with van der Waals surface area (Å²) < 4.78 is 6.61. The van der Waals surface area contributed by atoms with Gasteiger partial charge in [0.25, 0.3) is 0 Å². The molecule has 0 spiro atoms. The van der Waals surface area contributed by atoms with E-state index in [9.17, 15) is 4.79 Å². The first-order valence-electron chi connectivity index (χ1n) is 5.83. The molecule has 2 rings (SSSR count). The summed E-state index contributed by atoms with van der Waals surface area (Å²) in [7, 11) is 1.49. The molecule has 0 saturated carbocycles. The van der Waals surface area contributed by atoms with Crippen LogP contribution >= 0.6 is 0 Å². The minimum atomic E-state index is -0.154. The summed E-state index contributed by atoms with van der Waals surface area (Å²) in [6, 6.07) is 0.0627. The SMILES string of the molecule is COc1ncnc2c1nc(N)n2CC(=O)NC(C)C. The number of hydrogen-bond donors (Lipinski definition) is 2. The van der Waals surface area contributed by atoms with E-state index in [1.54, 1.807) is 0 Å². The number of carbonyl (C=O) groups excluding carboxylic acids is 1. The molecule has 19 heavy (non-hydrogen) atoms. The topological polar surface area (TPSA) is 108 Å². The largest absolute Gasteiger partial charge is 0.479 e. The Labute approximate surface area is 110 Å². The summed E-state index contributed by atoms with van der Waals surface area (Å²) in [5.41, 5.74) is 6.72. The molecule has 8 heteroatoms. The second kappa shape index (κ2) is 5.09. The predicted molar refractivity (Wildman–Crippen MR) is 69.6 cm³/mol. The van der Waals surface area contributed by atoms with Crippen molar-refractivity contribution in [2.75, 3.05) is 12.8 Å². The number of anilines is 1. The molecule has 0 unspecified atom stereocenters. The molecule has 0 radical (unpaired) electrons. The molecule has 0 aromatic carbocycles. The van der Waals surface area contributed by atoms with Crippen molar-refractivity contribution in [1.82, 2.24) is 24.8 Å². The molecular weight excluding hydrogens is 248 g/mol. The van der Waals surface area contributed by atoms with Crippen molar-refractivity contribution in [2.45, 2.75) is 26.4 Å². The van der Waals surface area contributed by atoms with Gasteiger partial charge in [-0.25, -0.2) is 9.97 Å². The molecule has 8 nitrogen and oxygen atoms in total. The zero-order valence-corrected chi connectivity index (χ0v) is 11.0. The van der Waals surface area contributed by atoms with Crippen LogP contribution in [0, 0.1) is 0 Å². The molecule has 1 amide bonds. The Bertz CT molecular complexity index is 606. The average molecular weight is 264 g/mol. The summed E-state index contributed by atoms with van der Waals surface area (Å²) >= 11 is 0. The lowest BCUT2D eigenvalue weighted by molar-refractivity contribution is -0.122. The maximum Gasteiger partial charge on any atom is 0.245 e. The molecule has 3 N–H and O–H groups in total. The van der Waals surface area contributed by atoms with Crippen LogP contribution in [0.25, 0.3) is 11.2 Å². The lowest BCUT2D eigenvalue weighted by Gasteiger charge is -2.09. The van der Waals surface area contributed by atoms with Gasteiger partial charge in [-0.2, -0.15) is 4.98 Å². The number of rotatable bonds is 4. The number of amides is 1. The molecule has 0 fully saturated rings. The van der Waals surface area contributed by atoms with E-state index in [1.807, 2.05) is 13.8 Å². The molecule has 2 aromatic rings. The van der Waals surface area contributed by atoms with Crippen LogP contribution < -0.4 is 15.8 Å². The lowest BCUT2D eigenvalue weighted by atomic mass is 10.4. The summed E-state index contributed by atoms with van der Waals surface area (Å²) in [6.45, 7) is 3.83. The van der Waals surface area contributed by atoms with Gasteiger partial charge in [-0.1, -0.05) is 0 Å². The van der Waals surface area contributed by atoms with Crippen LogP contribution in [0.1, 0.15) is 13.8 Å². The molecular formula is C11H16N6O2. The van der Waals surface area contributed by atoms with Crippen molar-refractivity contribution in [3.8, 4) is 5.88 Å². The second-order valence-corrected chi connectivity index (χ2v) is 4.33. The number of ether oxygens (including phenoxy) is 1. The predicted octanol–water partition coefficient (Wildman–Crippen LogP) is -0.0583. The molecule has 2 heterocycles. The van der Waals surface area contributed by atoms with Gasteiger partial charge in [0.15, 0.2) is 11.2 Å². The van der Waals surface area contributed by atoms with Crippen LogP contribution in [-0.4, -0.2) is 38.6 Å². The van der Waals surface area contributed by atoms with E-state index in [4.69, 9.17) is 10.5 Å². The second-order valence-electron chi connectivity index (χ2n) is 4.33. The lowest BCUT2D eigenvalue weighted by Crippen LogP contribution is -2.33. The first kappa shape index (κ1) is 13.1. The zero-order chi connectivity index (χ0) is 14.0.